The van der Waals surface area contributed by atoms with Gasteiger partial charge in [0, 0.05) is 12.1 Å². The molecule has 4 nitrogen and oxygen atoms in total. The fourth-order valence-corrected chi connectivity index (χ4v) is 2.13. The molecule has 0 saturated carbocycles. The molecule has 1 fully saturated rings. The summed E-state index contributed by atoms with van der Waals surface area (Å²) in [4.78, 5) is 24.2. The number of rotatable bonds is 3. The first-order valence-corrected chi connectivity index (χ1v) is 5.77. The Balaban J connectivity index is 2.29. The first-order chi connectivity index (χ1) is 8.13. The SMILES string of the molecule is CCc1ccc(N2C(=O)CC[C@H]2C(=O)O)cc1. The fourth-order valence-electron chi connectivity index (χ4n) is 2.13. The third-order valence-corrected chi connectivity index (χ3v) is 3.12. The van der Waals surface area contributed by atoms with Crippen LogP contribution in [0.2, 0.25) is 0 Å². The summed E-state index contributed by atoms with van der Waals surface area (Å²) >= 11 is 0. The first-order valence-electron chi connectivity index (χ1n) is 5.77. The third kappa shape index (κ3) is 2.16. The number of hydrogen-bond donors (Lipinski definition) is 1. The van der Waals surface area contributed by atoms with Gasteiger partial charge in [-0.2, -0.15) is 0 Å². The van der Waals surface area contributed by atoms with Gasteiger partial charge in [0.15, 0.2) is 0 Å². The number of hydrogen-bond acceptors (Lipinski definition) is 2. The zero-order valence-electron chi connectivity index (χ0n) is 9.72. The van der Waals surface area contributed by atoms with E-state index in [0.717, 1.165) is 6.42 Å². The summed E-state index contributed by atoms with van der Waals surface area (Å²) in [7, 11) is 0. The number of carboxylic acids is 1. The monoisotopic (exact) mass is 233 g/mol. The zero-order chi connectivity index (χ0) is 12.4. The smallest absolute Gasteiger partial charge is 0.326 e. The molecule has 1 aromatic rings. The highest BCUT2D eigenvalue weighted by Crippen LogP contribution is 2.27. The molecule has 4 heteroatoms. The highest BCUT2D eigenvalue weighted by atomic mass is 16.4. The summed E-state index contributed by atoms with van der Waals surface area (Å²) in [5.74, 6) is -1.04. The van der Waals surface area contributed by atoms with E-state index in [9.17, 15) is 9.59 Å². The second-order valence-electron chi connectivity index (χ2n) is 4.18. The van der Waals surface area contributed by atoms with E-state index < -0.39 is 12.0 Å². The maximum Gasteiger partial charge on any atom is 0.326 e. The van der Waals surface area contributed by atoms with Crippen LogP contribution in [-0.4, -0.2) is 23.0 Å². The summed E-state index contributed by atoms with van der Waals surface area (Å²) in [6.07, 6.45) is 1.63. The molecular formula is C13H15NO3. The third-order valence-electron chi connectivity index (χ3n) is 3.12. The van der Waals surface area contributed by atoms with Crippen LogP contribution in [0, 0.1) is 0 Å². The van der Waals surface area contributed by atoms with Crippen LogP contribution in [0.5, 0.6) is 0 Å². The van der Waals surface area contributed by atoms with Gasteiger partial charge in [-0.15, -0.1) is 0 Å². The van der Waals surface area contributed by atoms with E-state index in [-0.39, 0.29) is 5.91 Å². The van der Waals surface area contributed by atoms with Crippen molar-refractivity contribution in [3.05, 3.63) is 29.8 Å². The maximum atomic E-state index is 11.7. The number of aryl methyl sites for hydroxylation is 1. The van der Waals surface area contributed by atoms with Gasteiger partial charge in [-0.05, 0) is 30.5 Å². The fraction of sp³-hybridized carbons (Fsp3) is 0.385. The van der Waals surface area contributed by atoms with Crippen molar-refractivity contribution in [2.45, 2.75) is 32.2 Å². The van der Waals surface area contributed by atoms with Gasteiger partial charge in [-0.1, -0.05) is 19.1 Å². The predicted molar refractivity (Wildman–Crippen MR) is 64.0 cm³/mol. The molecule has 0 bridgehead atoms. The average Bonchev–Trinajstić information content (AvgIpc) is 2.71. The predicted octanol–water partition coefficient (Wildman–Crippen LogP) is 1.83. The standard InChI is InChI=1S/C13H15NO3/c1-2-9-3-5-10(6-4-9)14-11(13(16)17)7-8-12(14)15/h3-6,11H,2,7-8H2,1H3,(H,16,17)/t11-/m0/s1. The minimum Gasteiger partial charge on any atom is -0.480 e. The molecule has 1 heterocycles. The summed E-state index contributed by atoms with van der Waals surface area (Å²) < 4.78 is 0. The Morgan fingerprint density at radius 3 is 2.59 bits per heavy atom. The summed E-state index contributed by atoms with van der Waals surface area (Å²) in [6.45, 7) is 2.05. The number of carboxylic acid groups (broad SMARTS) is 1. The van der Waals surface area contributed by atoms with Crippen molar-refractivity contribution in [2.24, 2.45) is 0 Å². The molecular weight excluding hydrogens is 218 g/mol. The van der Waals surface area contributed by atoms with Crippen molar-refractivity contribution in [3.8, 4) is 0 Å². The lowest BCUT2D eigenvalue weighted by molar-refractivity contribution is -0.138. The van der Waals surface area contributed by atoms with Crippen molar-refractivity contribution in [2.75, 3.05) is 4.90 Å². The van der Waals surface area contributed by atoms with Crippen LogP contribution in [0.3, 0.4) is 0 Å². The Kier molecular flexibility index (Phi) is 3.13. The molecule has 1 saturated heterocycles. The Bertz CT molecular complexity index is 438. The van der Waals surface area contributed by atoms with Crippen LogP contribution < -0.4 is 4.90 Å². The highest BCUT2D eigenvalue weighted by Gasteiger charge is 2.36. The van der Waals surface area contributed by atoms with E-state index in [1.54, 1.807) is 0 Å². The normalized spacial score (nSPS) is 19.7. The maximum absolute atomic E-state index is 11.7. The second-order valence-corrected chi connectivity index (χ2v) is 4.18. The van der Waals surface area contributed by atoms with Crippen LogP contribution in [0.15, 0.2) is 24.3 Å². The quantitative estimate of drug-likeness (QED) is 0.866. The van der Waals surface area contributed by atoms with Crippen LogP contribution in [-0.2, 0) is 16.0 Å². The van der Waals surface area contributed by atoms with Crippen molar-refractivity contribution in [1.29, 1.82) is 0 Å². The number of anilines is 1. The van der Waals surface area contributed by atoms with E-state index in [1.165, 1.54) is 10.5 Å². The Labute approximate surface area is 99.9 Å². The molecule has 0 radical (unpaired) electrons. The summed E-state index contributed by atoms with van der Waals surface area (Å²) in [5, 5.41) is 9.07. The zero-order valence-corrected chi connectivity index (χ0v) is 9.72. The number of carbonyl (C=O) groups excluding carboxylic acids is 1. The van der Waals surface area contributed by atoms with Gasteiger partial charge in [0.1, 0.15) is 6.04 Å². The average molecular weight is 233 g/mol. The van der Waals surface area contributed by atoms with E-state index in [4.69, 9.17) is 5.11 Å². The Morgan fingerprint density at radius 2 is 2.06 bits per heavy atom. The first kappa shape index (κ1) is 11.6. The van der Waals surface area contributed by atoms with Crippen molar-refractivity contribution < 1.29 is 14.7 Å². The topological polar surface area (TPSA) is 57.6 Å². The molecule has 1 aromatic carbocycles. The van der Waals surface area contributed by atoms with E-state index in [2.05, 4.69) is 6.92 Å². The minimum atomic E-state index is -0.935. The van der Waals surface area contributed by atoms with E-state index in [0.29, 0.717) is 18.5 Å². The molecule has 2 rings (SSSR count). The molecule has 0 aliphatic carbocycles. The summed E-state index contributed by atoms with van der Waals surface area (Å²) in [6, 6.07) is 6.78. The van der Waals surface area contributed by atoms with E-state index >= 15 is 0 Å². The molecule has 1 N–H and O–H groups in total. The second kappa shape index (κ2) is 4.57. The van der Waals surface area contributed by atoms with Crippen LogP contribution in [0.25, 0.3) is 0 Å². The number of benzene rings is 1. The molecule has 1 atom stereocenters. The van der Waals surface area contributed by atoms with Crippen molar-refractivity contribution >= 4 is 17.6 Å². The van der Waals surface area contributed by atoms with Gasteiger partial charge < -0.3 is 5.11 Å². The summed E-state index contributed by atoms with van der Waals surface area (Å²) in [5.41, 5.74) is 1.85. The van der Waals surface area contributed by atoms with Crippen LogP contribution in [0.1, 0.15) is 25.3 Å². The molecule has 90 valence electrons. The largest absolute Gasteiger partial charge is 0.480 e. The van der Waals surface area contributed by atoms with Gasteiger partial charge in [-0.3, -0.25) is 9.69 Å². The number of amides is 1. The van der Waals surface area contributed by atoms with Gasteiger partial charge in [0.2, 0.25) is 5.91 Å². The Hall–Kier alpha value is -1.84. The van der Waals surface area contributed by atoms with Gasteiger partial charge in [0.25, 0.3) is 0 Å². The molecule has 1 aliphatic heterocycles. The number of carbonyl (C=O) groups is 2. The number of aliphatic carboxylic acids is 1. The van der Waals surface area contributed by atoms with Gasteiger partial charge in [0.05, 0.1) is 0 Å². The Morgan fingerprint density at radius 1 is 1.41 bits per heavy atom. The van der Waals surface area contributed by atoms with Crippen LogP contribution >= 0.6 is 0 Å². The lowest BCUT2D eigenvalue weighted by Gasteiger charge is -2.21. The molecule has 1 amide bonds. The molecule has 1 aliphatic rings. The number of nitrogens with zero attached hydrogens (tertiary/aromatic N) is 1. The van der Waals surface area contributed by atoms with Gasteiger partial charge >= 0.3 is 5.97 Å². The van der Waals surface area contributed by atoms with Crippen molar-refractivity contribution in [3.63, 3.8) is 0 Å². The van der Waals surface area contributed by atoms with Crippen LogP contribution in [0.4, 0.5) is 5.69 Å². The van der Waals surface area contributed by atoms with Gasteiger partial charge in [-0.25, -0.2) is 4.79 Å². The van der Waals surface area contributed by atoms with Crippen molar-refractivity contribution in [1.82, 2.24) is 0 Å². The lowest BCUT2D eigenvalue weighted by atomic mass is 10.1. The molecule has 0 aromatic heterocycles. The lowest BCUT2D eigenvalue weighted by Crippen LogP contribution is -2.38. The molecule has 0 spiro atoms. The minimum absolute atomic E-state index is 0.110. The molecule has 0 unspecified atom stereocenters. The molecule has 17 heavy (non-hydrogen) atoms. The highest BCUT2D eigenvalue weighted by molar-refractivity contribution is 6.02. The van der Waals surface area contributed by atoms with E-state index in [1.807, 2.05) is 24.3 Å².